The zero-order valence-electron chi connectivity index (χ0n) is 10.7. The summed E-state index contributed by atoms with van der Waals surface area (Å²) >= 11 is 0. The van der Waals surface area contributed by atoms with Crippen molar-refractivity contribution >= 4 is 5.91 Å². The van der Waals surface area contributed by atoms with Gasteiger partial charge in [0, 0.05) is 25.4 Å². The maximum absolute atomic E-state index is 11.7. The minimum Gasteiger partial charge on any atom is -0.339 e. The summed E-state index contributed by atoms with van der Waals surface area (Å²) < 4.78 is 0. The van der Waals surface area contributed by atoms with E-state index in [9.17, 15) is 4.79 Å². The van der Waals surface area contributed by atoms with E-state index < -0.39 is 0 Å². The predicted molar refractivity (Wildman–Crippen MR) is 64.4 cm³/mol. The molecule has 1 N–H and O–H groups in total. The molecule has 0 aliphatic carbocycles. The van der Waals surface area contributed by atoms with Gasteiger partial charge in [-0.15, -0.1) is 0 Å². The highest BCUT2D eigenvalue weighted by Gasteiger charge is 2.34. The van der Waals surface area contributed by atoms with Crippen molar-refractivity contribution in [2.24, 2.45) is 5.92 Å². The van der Waals surface area contributed by atoms with Crippen LogP contribution < -0.4 is 4.90 Å². The Morgan fingerprint density at radius 3 is 2.75 bits per heavy atom. The maximum Gasteiger partial charge on any atom is 0.219 e. The summed E-state index contributed by atoms with van der Waals surface area (Å²) in [6.07, 6.45) is 6.40. The fourth-order valence-electron chi connectivity index (χ4n) is 3.48. The van der Waals surface area contributed by atoms with Crippen molar-refractivity contribution < 1.29 is 9.69 Å². The molecule has 92 valence electrons. The Bertz CT molecular complexity index is 254. The van der Waals surface area contributed by atoms with Gasteiger partial charge < -0.3 is 9.80 Å². The number of carbonyl (C=O) groups excluding carboxylic acids is 1. The number of likely N-dealkylation sites (tertiary alicyclic amines) is 2. The predicted octanol–water partition coefficient (Wildman–Crippen LogP) is 0.312. The maximum atomic E-state index is 11.7. The molecule has 0 saturated carbocycles. The van der Waals surface area contributed by atoms with E-state index in [1.54, 1.807) is 11.8 Å². The molecule has 16 heavy (non-hydrogen) atoms. The summed E-state index contributed by atoms with van der Waals surface area (Å²) in [5, 5.41) is 0. The smallest absolute Gasteiger partial charge is 0.219 e. The number of nitrogens with zero attached hydrogens (tertiary/aromatic N) is 1. The van der Waals surface area contributed by atoms with Crippen LogP contribution in [0.15, 0.2) is 0 Å². The zero-order valence-corrected chi connectivity index (χ0v) is 10.7. The lowest BCUT2D eigenvalue weighted by Crippen LogP contribution is -3.11. The summed E-state index contributed by atoms with van der Waals surface area (Å²) in [5.41, 5.74) is 0. The molecule has 0 bridgehead atoms. The van der Waals surface area contributed by atoms with E-state index in [2.05, 4.69) is 11.9 Å². The summed E-state index contributed by atoms with van der Waals surface area (Å²) in [5.74, 6) is 1.03. The van der Waals surface area contributed by atoms with Crippen molar-refractivity contribution in [1.82, 2.24) is 4.90 Å². The number of amides is 1. The van der Waals surface area contributed by atoms with E-state index in [1.807, 2.05) is 0 Å². The molecule has 3 nitrogen and oxygen atoms in total. The Morgan fingerprint density at radius 1 is 1.25 bits per heavy atom. The van der Waals surface area contributed by atoms with Gasteiger partial charge in [0.25, 0.3) is 0 Å². The van der Waals surface area contributed by atoms with Crippen molar-refractivity contribution in [3.63, 3.8) is 0 Å². The molecule has 2 fully saturated rings. The molecule has 3 atom stereocenters. The third-order valence-electron chi connectivity index (χ3n) is 4.29. The number of hydrogen-bond acceptors (Lipinski definition) is 1. The van der Waals surface area contributed by atoms with Crippen LogP contribution in [0.3, 0.4) is 0 Å². The number of rotatable bonds is 1. The monoisotopic (exact) mass is 225 g/mol. The first-order valence-corrected chi connectivity index (χ1v) is 6.77. The number of hydrogen-bond donors (Lipinski definition) is 1. The van der Waals surface area contributed by atoms with Gasteiger partial charge in [0.05, 0.1) is 20.1 Å². The summed E-state index contributed by atoms with van der Waals surface area (Å²) in [6, 6.07) is 0.543. The quantitative estimate of drug-likeness (QED) is 0.683. The zero-order chi connectivity index (χ0) is 11.5. The van der Waals surface area contributed by atoms with Crippen molar-refractivity contribution in [3.8, 4) is 0 Å². The SMILES string of the molecule is CC(=O)N1CCCC[C@@H]1C1CCC[NH+](C)C1. The van der Waals surface area contributed by atoms with Gasteiger partial charge in [-0.1, -0.05) is 0 Å². The van der Waals surface area contributed by atoms with Gasteiger partial charge in [0.1, 0.15) is 0 Å². The minimum atomic E-state index is 0.285. The molecule has 2 rings (SSSR count). The second-order valence-corrected chi connectivity index (χ2v) is 5.59. The first-order chi connectivity index (χ1) is 7.68. The Morgan fingerprint density at radius 2 is 2.06 bits per heavy atom. The molecular formula is C13H25N2O+. The molecule has 2 saturated heterocycles. The van der Waals surface area contributed by atoms with E-state index in [0.29, 0.717) is 6.04 Å². The van der Waals surface area contributed by atoms with E-state index in [4.69, 9.17) is 0 Å². The molecule has 3 heteroatoms. The first kappa shape index (κ1) is 11.9. The summed E-state index contributed by atoms with van der Waals surface area (Å²) in [7, 11) is 2.28. The van der Waals surface area contributed by atoms with Gasteiger partial charge in [-0.25, -0.2) is 0 Å². The summed E-state index contributed by atoms with van der Waals surface area (Å²) in [4.78, 5) is 15.4. The van der Waals surface area contributed by atoms with Gasteiger partial charge in [0.15, 0.2) is 0 Å². The molecule has 0 radical (unpaired) electrons. The fourth-order valence-corrected chi connectivity index (χ4v) is 3.48. The van der Waals surface area contributed by atoms with Crippen molar-refractivity contribution in [2.75, 3.05) is 26.7 Å². The third kappa shape index (κ3) is 2.57. The van der Waals surface area contributed by atoms with Crippen LogP contribution in [0.25, 0.3) is 0 Å². The van der Waals surface area contributed by atoms with Gasteiger partial charge in [-0.05, 0) is 32.1 Å². The third-order valence-corrected chi connectivity index (χ3v) is 4.29. The number of quaternary nitrogens is 1. The van der Waals surface area contributed by atoms with Crippen LogP contribution in [0, 0.1) is 5.92 Å². The number of carbonyl (C=O) groups is 1. The van der Waals surface area contributed by atoms with Crippen molar-refractivity contribution in [2.45, 2.75) is 45.1 Å². The lowest BCUT2D eigenvalue weighted by Gasteiger charge is -2.42. The second kappa shape index (κ2) is 5.17. The molecule has 0 spiro atoms. The normalized spacial score (nSPS) is 36.1. The van der Waals surface area contributed by atoms with E-state index in [-0.39, 0.29) is 5.91 Å². The lowest BCUT2D eigenvalue weighted by molar-refractivity contribution is -0.889. The van der Waals surface area contributed by atoms with Crippen molar-refractivity contribution in [1.29, 1.82) is 0 Å². The highest BCUT2D eigenvalue weighted by atomic mass is 16.2. The Hall–Kier alpha value is -0.570. The number of nitrogens with one attached hydrogen (secondary N) is 1. The van der Waals surface area contributed by atoms with Crippen LogP contribution in [0.1, 0.15) is 39.0 Å². The summed E-state index contributed by atoms with van der Waals surface area (Å²) in [6.45, 7) is 5.30. The van der Waals surface area contributed by atoms with Gasteiger partial charge >= 0.3 is 0 Å². The highest BCUT2D eigenvalue weighted by Crippen LogP contribution is 2.26. The van der Waals surface area contributed by atoms with Crippen LogP contribution in [-0.2, 0) is 4.79 Å². The molecule has 2 unspecified atom stereocenters. The van der Waals surface area contributed by atoms with Crippen LogP contribution in [0.5, 0.6) is 0 Å². The molecule has 2 aliphatic rings. The molecule has 1 amide bonds. The minimum absolute atomic E-state index is 0.285. The van der Waals surface area contributed by atoms with Crippen LogP contribution >= 0.6 is 0 Å². The van der Waals surface area contributed by atoms with Crippen LogP contribution in [0.4, 0.5) is 0 Å². The van der Waals surface area contributed by atoms with Gasteiger partial charge in [-0.2, -0.15) is 0 Å². The van der Waals surface area contributed by atoms with Crippen LogP contribution in [0.2, 0.25) is 0 Å². The first-order valence-electron chi connectivity index (χ1n) is 6.77. The average molecular weight is 225 g/mol. The Balaban J connectivity index is 2.01. The molecule has 0 aromatic carbocycles. The van der Waals surface area contributed by atoms with E-state index in [1.165, 1.54) is 45.2 Å². The average Bonchev–Trinajstić information content (AvgIpc) is 2.29. The van der Waals surface area contributed by atoms with Gasteiger partial charge in [-0.3, -0.25) is 4.79 Å². The fraction of sp³-hybridized carbons (Fsp3) is 0.923. The van der Waals surface area contributed by atoms with E-state index >= 15 is 0 Å². The molecular weight excluding hydrogens is 200 g/mol. The Kier molecular flexibility index (Phi) is 3.85. The topological polar surface area (TPSA) is 24.8 Å². The second-order valence-electron chi connectivity index (χ2n) is 5.59. The largest absolute Gasteiger partial charge is 0.339 e. The van der Waals surface area contributed by atoms with Gasteiger partial charge in [0.2, 0.25) is 5.91 Å². The van der Waals surface area contributed by atoms with Crippen LogP contribution in [-0.4, -0.2) is 43.5 Å². The molecule has 2 aliphatic heterocycles. The van der Waals surface area contributed by atoms with Crippen molar-refractivity contribution in [3.05, 3.63) is 0 Å². The Labute approximate surface area is 98.8 Å². The molecule has 2 heterocycles. The molecule has 0 aromatic heterocycles. The highest BCUT2D eigenvalue weighted by molar-refractivity contribution is 5.73. The standard InChI is InChI=1S/C13H24N2O/c1-11(16)15-9-4-3-7-13(15)12-6-5-8-14(2)10-12/h12-13H,3-10H2,1-2H3/p+1/t12?,13-/m1/s1. The lowest BCUT2D eigenvalue weighted by atomic mass is 9.85. The number of piperidine rings is 2. The molecule has 0 aromatic rings. The van der Waals surface area contributed by atoms with E-state index in [0.717, 1.165) is 12.5 Å².